The van der Waals surface area contributed by atoms with E-state index in [2.05, 4.69) is 10.4 Å². The maximum atomic E-state index is 12.3. The summed E-state index contributed by atoms with van der Waals surface area (Å²) in [6.07, 6.45) is 3.40. The number of carbonyl (C=O) groups excluding carboxylic acids is 1. The van der Waals surface area contributed by atoms with Crippen molar-refractivity contribution in [3.63, 3.8) is 0 Å². The van der Waals surface area contributed by atoms with Crippen molar-refractivity contribution in [1.29, 1.82) is 0 Å². The third-order valence-electron chi connectivity index (χ3n) is 3.59. The molecule has 1 aliphatic heterocycles. The summed E-state index contributed by atoms with van der Waals surface area (Å²) in [5.41, 5.74) is 0.684. The molecular formula is C15H18N4O3. The highest BCUT2D eigenvalue weighted by Crippen LogP contribution is 2.35. The van der Waals surface area contributed by atoms with Gasteiger partial charge in [0.2, 0.25) is 5.91 Å². The van der Waals surface area contributed by atoms with E-state index in [-0.39, 0.29) is 11.9 Å². The van der Waals surface area contributed by atoms with Crippen LogP contribution >= 0.6 is 0 Å². The molecule has 1 N–H and O–H groups in total. The van der Waals surface area contributed by atoms with Gasteiger partial charge >= 0.3 is 0 Å². The van der Waals surface area contributed by atoms with Crippen LogP contribution in [0.5, 0.6) is 17.2 Å². The maximum Gasteiger partial charge on any atom is 0.247 e. The summed E-state index contributed by atoms with van der Waals surface area (Å²) in [7, 11) is 5.29. The van der Waals surface area contributed by atoms with E-state index in [9.17, 15) is 4.79 Å². The lowest BCUT2D eigenvalue weighted by molar-refractivity contribution is -0.120. The average molecular weight is 302 g/mol. The van der Waals surface area contributed by atoms with Crippen molar-refractivity contribution in [2.45, 2.75) is 6.04 Å². The summed E-state index contributed by atoms with van der Waals surface area (Å²) < 4.78 is 13.1. The second kappa shape index (κ2) is 5.69. The van der Waals surface area contributed by atoms with Crippen molar-refractivity contribution < 1.29 is 14.3 Å². The predicted octanol–water partition coefficient (Wildman–Crippen LogP) is 1.16. The van der Waals surface area contributed by atoms with Crippen LogP contribution < -0.4 is 19.7 Å². The maximum absolute atomic E-state index is 12.3. The first-order valence-electron chi connectivity index (χ1n) is 6.96. The summed E-state index contributed by atoms with van der Waals surface area (Å²) in [4.78, 5) is 13.9. The lowest BCUT2D eigenvalue weighted by Gasteiger charge is -2.19. The number of amides is 1. The number of aromatic nitrogens is 2. The van der Waals surface area contributed by atoms with Gasteiger partial charge in [-0.2, -0.15) is 5.10 Å². The van der Waals surface area contributed by atoms with Gasteiger partial charge in [-0.15, -0.1) is 0 Å². The highest BCUT2D eigenvalue weighted by Gasteiger charge is 2.28. The van der Waals surface area contributed by atoms with Crippen molar-refractivity contribution in [2.75, 3.05) is 25.6 Å². The molecule has 0 bridgehead atoms. The minimum Gasteiger partial charge on any atom is -0.489 e. The Morgan fingerprint density at radius 2 is 2.18 bits per heavy atom. The van der Waals surface area contributed by atoms with Crippen LogP contribution in [0.2, 0.25) is 0 Å². The summed E-state index contributed by atoms with van der Waals surface area (Å²) in [5.74, 6) is 1.88. The van der Waals surface area contributed by atoms with E-state index in [1.165, 1.54) is 0 Å². The van der Waals surface area contributed by atoms with Crippen molar-refractivity contribution >= 4 is 11.6 Å². The fourth-order valence-electron chi connectivity index (χ4n) is 2.34. The molecule has 2 heterocycles. The summed E-state index contributed by atoms with van der Waals surface area (Å²) >= 11 is 0. The molecule has 0 saturated heterocycles. The molecule has 22 heavy (non-hydrogen) atoms. The van der Waals surface area contributed by atoms with Crippen molar-refractivity contribution in [3.05, 3.63) is 30.6 Å². The van der Waals surface area contributed by atoms with Gasteiger partial charge in [-0.1, -0.05) is 0 Å². The first-order chi connectivity index (χ1) is 10.6. The molecule has 1 aromatic heterocycles. The topological polar surface area (TPSA) is 68.6 Å². The minimum absolute atomic E-state index is 0.0419. The number of rotatable bonds is 3. The Balaban J connectivity index is 1.89. The van der Waals surface area contributed by atoms with Gasteiger partial charge in [0, 0.05) is 20.2 Å². The number of likely N-dealkylation sites (N-methyl/N-ethyl adjacent to an activating group) is 2. The van der Waals surface area contributed by atoms with E-state index in [1.54, 1.807) is 42.1 Å². The lowest BCUT2D eigenvalue weighted by atomic mass is 10.2. The normalized spacial score (nSPS) is 17.7. The number of nitrogens with zero attached hydrogens (tertiary/aromatic N) is 3. The lowest BCUT2D eigenvalue weighted by Crippen LogP contribution is -2.45. The standard InChI is InChI=1S/C15H18N4O3/c1-16-12-9-21-14-5-4-10(6-13(14)19(3)15(12)20)22-11-7-17-18(2)8-11/h4-8,12,16H,9H2,1-3H3/t12-/m0/s1. The molecular weight excluding hydrogens is 284 g/mol. The number of aryl methyl sites for hydroxylation is 1. The van der Waals surface area contributed by atoms with Crippen LogP contribution in [0, 0.1) is 0 Å². The van der Waals surface area contributed by atoms with Crippen LogP contribution in [0.4, 0.5) is 5.69 Å². The van der Waals surface area contributed by atoms with Crippen molar-refractivity contribution in [3.8, 4) is 17.2 Å². The number of carbonyl (C=O) groups is 1. The molecule has 0 spiro atoms. The van der Waals surface area contributed by atoms with Gasteiger partial charge in [-0.25, -0.2) is 0 Å². The summed E-state index contributed by atoms with van der Waals surface area (Å²) in [5, 5.41) is 7.02. The molecule has 7 nitrogen and oxygen atoms in total. The number of anilines is 1. The van der Waals surface area contributed by atoms with E-state index in [1.807, 2.05) is 19.2 Å². The van der Waals surface area contributed by atoms with Gasteiger partial charge < -0.3 is 19.7 Å². The molecule has 0 unspecified atom stereocenters. The quantitative estimate of drug-likeness (QED) is 0.921. The molecule has 2 aromatic rings. The van der Waals surface area contributed by atoms with Crippen molar-refractivity contribution in [1.82, 2.24) is 15.1 Å². The Bertz CT molecular complexity index is 698. The van der Waals surface area contributed by atoms with E-state index in [0.29, 0.717) is 29.5 Å². The first-order valence-corrected chi connectivity index (χ1v) is 6.96. The van der Waals surface area contributed by atoms with Crippen LogP contribution in [0.15, 0.2) is 30.6 Å². The van der Waals surface area contributed by atoms with Crippen LogP contribution in [-0.4, -0.2) is 42.4 Å². The largest absolute Gasteiger partial charge is 0.489 e. The number of ether oxygens (including phenoxy) is 2. The van der Waals surface area contributed by atoms with Crippen LogP contribution in [0.1, 0.15) is 0 Å². The van der Waals surface area contributed by atoms with Gasteiger partial charge in [0.15, 0.2) is 5.75 Å². The van der Waals surface area contributed by atoms with Crippen LogP contribution in [0.25, 0.3) is 0 Å². The highest BCUT2D eigenvalue weighted by atomic mass is 16.5. The molecule has 7 heteroatoms. The third-order valence-corrected chi connectivity index (χ3v) is 3.59. The average Bonchev–Trinajstić information content (AvgIpc) is 2.87. The molecule has 1 atom stereocenters. The Labute approximate surface area is 128 Å². The molecule has 116 valence electrons. The Hall–Kier alpha value is -2.54. The molecule has 3 rings (SSSR count). The van der Waals surface area contributed by atoms with E-state index < -0.39 is 0 Å². The Kier molecular flexibility index (Phi) is 3.72. The minimum atomic E-state index is -0.361. The zero-order valence-electron chi connectivity index (χ0n) is 12.7. The van der Waals surface area contributed by atoms with E-state index in [4.69, 9.17) is 9.47 Å². The zero-order chi connectivity index (χ0) is 15.7. The van der Waals surface area contributed by atoms with E-state index in [0.717, 1.165) is 0 Å². The second-order valence-electron chi connectivity index (χ2n) is 5.13. The zero-order valence-corrected chi connectivity index (χ0v) is 12.7. The summed E-state index contributed by atoms with van der Waals surface area (Å²) in [6.45, 7) is 0.301. The number of fused-ring (bicyclic) bond motifs is 1. The van der Waals surface area contributed by atoms with Crippen LogP contribution in [-0.2, 0) is 11.8 Å². The first kappa shape index (κ1) is 14.4. The van der Waals surface area contributed by atoms with Gasteiger partial charge in [0.25, 0.3) is 0 Å². The Morgan fingerprint density at radius 3 is 2.86 bits per heavy atom. The fourth-order valence-corrected chi connectivity index (χ4v) is 2.34. The number of hydrogen-bond donors (Lipinski definition) is 1. The second-order valence-corrected chi connectivity index (χ2v) is 5.13. The molecule has 1 amide bonds. The molecule has 0 aliphatic carbocycles. The summed E-state index contributed by atoms with van der Waals surface area (Å²) in [6, 6.07) is 5.05. The Morgan fingerprint density at radius 1 is 1.36 bits per heavy atom. The van der Waals surface area contributed by atoms with E-state index >= 15 is 0 Å². The van der Waals surface area contributed by atoms with Gasteiger partial charge in [-0.3, -0.25) is 9.48 Å². The molecule has 0 fully saturated rings. The SMILES string of the molecule is CN[C@H]1COc2ccc(Oc3cnn(C)c3)cc2N(C)C1=O. The fraction of sp³-hybridized carbons (Fsp3) is 0.333. The monoisotopic (exact) mass is 302 g/mol. The van der Waals surface area contributed by atoms with Crippen molar-refractivity contribution in [2.24, 2.45) is 7.05 Å². The third kappa shape index (κ3) is 2.62. The molecule has 0 radical (unpaired) electrons. The number of benzene rings is 1. The van der Waals surface area contributed by atoms with Gasteiger partial charge in [0.05, 0.1) is 18.1 Å². The van der Waals surface area contributed by atoms with Gasteiger partial charge in [0.1, 0.15) is 24.1 Å². The molecule has 1 aromatic carbocycles. The highest BCUT2D eigenvalue weighted by molar-refractivity contribution is 5.99. The number of nitrogens with one attached hydrogen (secondary N) is 1. The number of hydrogen-bond acceptors (Lipinski definition) is 5. The smallest absolute Gasteiger partial charge is 0.247 e. The predicted molar refractivity (Wildman–Crippen MR) is 81.5 cm³/mol. The molecule has 0 saturated carbocycles. The van der Waals surface area contributed by atoms with Crippen LogP contribution in [0.3, 0.4) is 0 Å². The molecule has 1 aliphatic rings. The van der Waals surface area contributed by atoms with Gasteiger partial charge in [-0.05, 0) is 19.2 Å².